The minimum atomic E-state index is 0.725. The van der Waals surface area contributed by atoms with Crippen molar-refractivity contribution in [2.75, 3.05) is 0 Å². The molecule has 0 aromatic heterocycles. The molecule has 90 valence electrons. The van der Waals surface area contributed by atoms with E-state index in [1.165, 1.54) is 16.7 Å². The molecule has 0 atom stereocenters. The topological polar surface area (TPSA) is 23.8 Å². The smallest absolute Gasteiger partial charge is 0.0991 e. The van der Waals surface area contributed by atoms with Gasteiger partial charge in [-0.1, -0.05) is 36.4 Å². The van der Waals surface area contributed by atoms with Gasteiger partial charge in [-0.15, -0.1) is 0 Å². The summed E-state index contributed by atoms with van der Waals surface area (Å²) < 4.78 is 0. The summed E-state index contributed by atoms with van der Waals surface area (Å²) in [5.74, 6) is 2.02. The molecule has 1 nitrogen and oxygen atoms in total. The fourth-order valence-corrected chi connectivity index (χ4v) is 2.80. The summed E-state index contributed by atoms with van der Waals surface area (Å²) >= 11 is 1.90. The van der Waals surface area contributed by atoms with Gasteiger partial charge in [-0.25, -0.2) is 0 Å². The molecule has 18 heavy (non-hydrogen) atoms. The zero-order chi connectivity index (χ0) is 12.8. The van der Waals surface area contributed by atoms with E-state index in [1.54, 1.807) is 0 Å². The summed E-state index contributed by atoms with van der Waals surface area (Å²) in [5.41, 5.74) is 4.75. The van der Waals surface area contributed by atoms with Crippen LogP contribution in [0, 0.1) is 18.3 Å². The lowest BCUT2D eigenvalue weighted by Gasteiger charge is -2.05. The van der Waals surface area contributed by atoms with Crippen molar-refractivity contribution in [2.24, 2.45) is 0 Å². The van der Waals surface area contributed by atoms with Crippen molar-refractivity contribution in [3.63, 3.8) is 0 Å². The second kappa shape index (κ2) is 6.28. The fourth-order valence-electron chi connectivity index (χ4n) is 1.73. The average molecular weight is 253 g/mol. The standard InChI is InChI=1S/C16H15NS/c1-13-4-2-3-5-16(13)12-18-11-15-8-6-14(10-17)7-9-15/h2-9H,11-12H2,1H3. The molecule has 2 aromatic carbocycles. The van der Waals surface area contributed by atoms with Gasteiger partial charge >= 0.3 is 0 Å². The van der Waals surface area contributed by atoms with Crippen LogP contribution in [-0.4, -0.2) is 0 Å². The van der Waals surface area contributed by atoms with Crippen molar-refractivity contribution in [1.82, 2.24) is 0 Å². The van der Waals surface area contributed by atoms with Crippen LogP contribution in [0.2, 0.25) is 0 Å². The highest BCUT2D eigenvalue weighted by Gasteiger charge is 1.98. The molecule has 0 amide bonds. The molecule has 0 unspecified atom stereocenters. The van der Waals surface area contributed by atoms with Crippen molar-refractivity contribution in [3.8, 4) is 6.07 Å². The third kappa shape index (κ3) is 3.38. The van der Waals surface area contributed by atoms with Gasteiger partial charge < -0.3 is 0 Å². The van der Waals surface area contributed by atoms with E-state index in [0.29, 0.717) is 0 Å². The number of benzene rings is 2. The Morgan fingerprint density at radius 1 is 1.00 bits per heavy atom. The highest BCUT2D eigenvalue weighted by molar-refractivity contribution is 7.97. The van der Waals surface area contributed by atoms with Crippen LogP contribution in [0.5, 0.6) is 0 Å². The number of rotatable bonds is 4. The lowest BCUT2D eigenvalue weighted by Crippen LogP contribution is -1.87. The first kappa shape index (κ1) is 12.7. The Labute approximate surface area is 112 Å². The van der Waals surface area contributed by atoms with Gasteiger partial charge in [0.2, 0.25) is 0 Å². The molecule has 0 fully saturated rings. The molecule has 0 aliphatic heterocycles. The van der Waals surface area contributed by atoms with E-state index >= 15 is 0 Å². The maximum absolute atomic E-state index is 8.73. The molecule has 0 heterocycles. The first-order valence-corrected chi connectivity index (χ1v) is 7.06. The van der Waals surface area contributed by atoms with Crippen molar-refractivity contribution in [3.05, 3.63) is 70.8 Å². The molecule has 0 saturated heterocycles. The normalized spacial score (nSPS) is 10.0. The third-order valence-electron chi connectivity index (χ3n) is 2.87. The molecule has 2 aromatic rings. The number of hydrogen-bond acceptors (Lipinski definition) is 2. The van der Waals surface area contributed by atoms with E-state index in [2.05, 4.69) is 37.3 Å². The van der Waals surface area contributed by atoms with Gasteiger partial charge in [-0.2, -0.15) is 17.0 Å². The number of nitriles is 1. The van der Waals surface area contributed by atoms with E-state index in [4.69, 9.17) is 5.26 Å². The van der Waals surface area contributed by atoms with Crippen LogP contribution in [0.25, 0.3) is 0 Å². The minimum absolute atomic E-state index is 0.725. The van der Waals surface area contributed by atoms with E-state index in [0.717, 1.165) is 17.1 Å². The summed E-state index contributed by atoms with van der Waals surface area (Å²) in [6.45, 7) is 2.15. The SMILES string of the molecule is Cc1ccccc1CSCc1ccc(C#N)cc1. The molecule has 0 saturated carbocycles. The van der Waals surface area contributed by atoms with Crippen molar-refractivity contribution < 1.29 is 0 Å². The summed E-state index contributed by atoms with van der Waals surface area (Å²) in [7, 11) is 0. The van der Waals surface area contributed by atoms with Crippen molar-refractivity contribution in [2.45, 2.75) is 18.4 Å². The molecule has 0 bridgehead atoms. The number of hydrogen-bond donors (Lipinski definition) is 0. The van der Waals surface area contributed by atoms with Gasteiger partial charge in [0.05, 0.1) is 11.6 Å². The van der Waals surface area contributed by atoms with Gasteiger partial charge in [0, 0.05) is 11.5 Å². The van der Waals surface area contributed by atoms with Crippen LogP contribution in [0.15, 0.2) is 48.5 Å². The Hall–Kier alpha value is -1.72. The summed E-state index contributed by atoms with van der Waals surface area (Å²) in [6.07, 6.45) is 0. The van der Waals surface area contributed by atoms with Gasteiger partial charge in [-0.05, 0) is 35.7 Å². The van der Waals surface area contributed by atoms with Gasteiger partial charge in [0.15, 0.2) is 0 Å². The van der Waals surface area contributed by atoms with Crippen LogP contribution < -0.4 is 0 Å². The van der Waals surface area contributed by atoms with Gasteiger partial charge in [-0.3, -0.25) is 0 Å². The average Bonchev–Trinajstić information content (AvgIpc) is 2.42. The molecular weight excluding hydrogens is 238 g/mol. The van der Waals surface area contributed by atoms with Crippen molar-refractivity contribution >= 4 is 11.8 Å². The summed E-state index contributed by atoms with van der Waals surface area (Å²) in [6, 6.07) is 18.4. The highest BCUT2D eigenvalue weighted by atomic mass is 32.2. The molecule has 0 aliphatic rings. The lowest BCUT2D eigenvalue weighted by molar-refractivity contribution is 1.29. The number of nitrogens with zero attached hydrogens (tertiary/aromatic N) is 1. The Bertz CT molecular complexity index is 552. The van der Waals surface area contributed by atoms with E-state index < -0.39 is 0 Å². The molecule has 0 spiro atoms. The van der Waals surface area contributed by atoms with Crippen LogP contribution in [0.1, 0.15) is 22.3 Å². The largest absolute Gasteiger partial charge is 0.192 e. The minimum Gasteiger partial charge on any atom is -0.192 e. The predicted octanol–water partition coefficient (Wildman–Crippen LogP) is 4.30. The Kier molecular flexibility index (Phi) is 4.44. The first-order valence-electron chi connectivity index (χ1n) is 5.91. The third-order valence-corrected chi connectivity index (χ3v) is 3.92. The zero-order valence-corrected chi connectivity index (χ0v) is 11.2. The summed E-state index contributed by atoms with van der Waals surface area (Å²) in [4.78, 5) is 0. The maximum Gasteiger partial charge on any atom is 0.0991 e. The fraction of sp³-hybridized carbons (Fsp3) is 0.188. The van der Waals surface area contributed by atoms with Crippen LogP contribution in [0.4, 0.5) is 0 Å². The van der Waals surface area contributed by atoms with E-state index in [9.17, 15) is 0 Å². The maximum atomic E-state index is 8.73. The molecule has 0 N–H and O–H groups in total. The molecule has 2 rings (SSSR count). The van der Waals surface area contributed by atoms with Crippen LogP contribution >= 0.6 is 11.8 Å². The Morgan fingerprint density at radius 3 is 2.39 bits per heavy atom. The van der Waals surface area contributed by atoms with Crippen LogP contribution in [-0.2, 0) is 11.5 Å². The molecular formula is C16H15NS. The molecule has 2 heteroatoms. The quantitative estimate of drug-likeness (QED) is 0.811. The van der Waals surface area contributed by atoms with E-state index in [-0.39, 0.29) is 0 Å². The Morgan fingerprint density at radius 2 is 1.72 bits per heavy atom. The van der Waals surface area contributed by atoms with E-state index in [1.807, 2.05) is 36.0 Å². The second-order valence-electron chi connectivity index (χ2n) is 4.23. The second-order valence-corrected chi connectivity index (χ2v) is 5.21. The monoisotopic (exact) mass is 253 g/mol. The Balaban J connectivity index is 1.89. The number of thioether (sulfide) groups is 1. The van der Waals surface area contributed by atoms with Crippen molar-refractivity contribution in [1.29, 1.82) is 5.26 Å². The zero-order valence-electron chi connectivity index (χ0n) is 10.4. The van der Waals surface area contributed by atoms with Gasteiger partial charge in [0.1, 0.15) is 0 Å². The van der Waals surface area contributed by atoms with Gasteiger partial charge in [0.25, 0.3) is 0 Å². The highest BCUT2D eigenvalue weighted by Crippen LogP contribution is 2.20. The predicted molar refractivity (Wildman–Crippen MR) is 77.3 cm³/mol. The number of aryl methyl sites for hydroxylation is 1. The molecule has 0 radical (unpaired) electrons. The molecule has 0 aliphatic carbocycles. The summed E-state index contributed by atoms with van der Waals surface area (Å²) in [5, 5.41) is 8.73. The first-order chi connectivity index (χ1) is 8.79. The van der Waals surface area contributed by atoms with Crippen LogP contribution in [0.3, 0.4) is 0 Å². The lowest BCUT2D eigenvalue weighted by atomic mass is 10.1.